The summed E-state index contributed by atoms with van der Waals surface area (Å²) in [6, 6.07) is 0. The molecule has 1 fully saturated rings. The fourth-order valence-electron chi connectivity index (χ4n) is 1.55. The summed E-state index contributed by atoms with van der Waals surface area (Å²) in [6.07, 6.45) is -2.80. The van der Waals surface area contributed by atoms with E-state index in [-0.39, 0.29) is 18.8 Å². The number of halogens is 3. The molecule has 0 aromatic heterocycles. The molecule has 0 saturated heterocycles. The van der Waals surface area contributed by atoms with Gasteiger partial charge in [-0.15, -0.1) is 0 Å². The lowest BCUT2D eigenvalue weighted by Gasteiger charge is -2.25. The van der Waals surface area contributed by atoms with Gasteiger partial charge >= 0.3 is 6.18 Å². The largest absolute Gasteiger partial charge is 0.393 e. The van der Waals surface area contributed by atoms with Gasteiger partial charge in [-0.25, -0.2) is 0 Å². The molecule has 1 saturated carbocycles. The van der Waals surface area contributed by atoms with E-state index in [0.29, 0.717) is 25.7 Å². The van der Waals surface area contributed by atoms with Gasteiger partial charge in [0.15, 0.2) is 0 Å². The van der Waals surface area contributed by atoms with Crippen LogP contribution in [-0.4, -0.2) is 30.1 Å². The molecule has 1 aliphatic rings. The van der Waals surface area contributed by atoms with E-state index < -0.39 is 12.6 Å². The summed E-state index contributed by atoms with van der Waals surface area (Å²) in [6.45, 7) is -0.260. The molecule has 1 aliphatic carbocycles. The molecule has 0 bridgehead atoms. The molecular weight excluding hydrogens is 197 g/mol. The predicted octanol–water partition coefficient (Wildman–Crippen LogP) is 2.26. The van der Waals surface area contributed by atoms with Gasteiger partial charge in [0.25, 0.3) is 0 Å². The highest BCUT2D eigenvalue weighted by Crippen LogP contribution is 2.23. The number of aliphatic hydroxyl groups is 1. The Bertz CT molecular complexity index is 162. The second-order valence-corrected chi connectivity index (χ2v) is 3.67. The lowest BCUT2D eigenvalue weighted by atomic mass is 9.95. The first-order valence-corrected chi connectivity index (χ1v) is 4.84. The van der Waals surface area contributed by atoms with Crippen LogP contribution >= 0.6 is 0 Å². The molecular formula is C9H15F3O2. The Kier molecular flexibility index (Phi) is 4.19. The molecule has 5 heteroatoms. The quantitative estimate of drug-likeness (QED) is 0.777. The molecule has 0 radical (unpaired) electrons. The Balaban J connectivity index is 2.08. The van der Waals surface area contributed by atoms with Gasteiger partial charge in [0.2, 0.25) is 0 Å². The van der Waals surface area contributed by atoms with E-state index in [1.54, 1.807) is 0 Å². The number of hydrogen-bond donors (Lipinski definition) is 1. The minimum atomic E-state index is -4.13. The normalized spacial score (nSPS) is 29.1. The molecule has 84 valence electrons. The summed E-state index contributed by atoms with van der Waals surface area (Å²) in [7, 11) is 0. The van der Waals surface area contributed by atoms with Crippen molar-refractivity contribution in [2.75, 3.05) is 6.61 Å². The number of rotatable bonds is 3. The first-order chi connectivity index (χ1) is 6.47. The molecule has 0 atom stereocenters. The Hall–Kier alpha value is -0.290. The minimum absolute atomic E-state index is 0.0965. The van der Waals surface area contributed by atoms with Crippen LogP contribution in [0.4, 0.5) is 13.2 Å². The van der Waals surface area contributed by atoms with E-state index in [2.05, 4.69) is 0 Å². The number of ether oxygens (including phenoxy) is 1. The number of hydrogen-bond acceptors (Lipinski definition) is 2. The van der Waals surface area contributed by atoms with Crippen LogP contribution in [0, 0.1) is 0 Å². The highest BCUT2D eigenvalue weighted by Gasteiger charge is 2.28. The third-order valence-electron chi connectivity index (χ3n) is 2.38. The summed E-state index contributed by atoms with van der Waals surface area (Å²) in [4.78, 5) is 0. The lowest BCUT2D eigenvalue weighted by molar-refractivity contribution is -0.151. The molecule has 0 heterocycles. The molecule has 0 amide bonds. The summed E-state index contributed by atoms with van der Waals surface area (Å²) in [5, 5.41) is 9.15. The first-order valence-electron chi connectivity index (χ1n) is 4.84. The number of aliphatic hydroxyl groups excluding tert-OH is 1. The van der Waals surface area contributed by atoms with Crippen LogP contribution in [0.2, 0.25) is 0 Å². The van der Waals surface area contributed by atoms with Crippen molar-refractivity contribution in [3.63, 3.8) is 0 Å². The fraction of sp³-hybridized carbons (Fsp3) is 1.00. The van der Waals surface area contributed by atoms with Crippen LogP contribution in [0.3, 0.4) is 0 Å². The Labute approximate surface area is 81.1 Å². The van der Waals surface area contributed by atoms with Gasteiger partial charge in [-0.2, -0.15) is 13.2 Å². The van der Waals surface area contributed by atoms with Crippen LogP contribution in [0.25, 0.3) is 0 Å². The molecule has 0 unspecified atom stereocenters. The molecule has 0 aliphatic heterocycles. The van der Waals surface area contributed by atoms with Gasteiger partial charge in [-0.3, -0.25) is 0 Å². The van der Waals surface area contributed by atoms with Crippen molar-refractivity contribution in [1.29, 1.82) is 0 Å². The van der Waals surface area contributed by atoms with Crippen molar-refractivity contribution >= 4 is 0 Å². The van der Waals surface area contributed by atoms with Crippen molar-refractivity contribution in [2.45, 2.75) is 50.5 Å². The van der Waals surface area contributed by atoms with Gasteiger partial charge in [0.1, 0.15) is 0 Å². The van der Waals surface area contributed by atoms with Gasteiger partial charge in [-0.05, 0) is 25.7 Å². The van der Waals surface area contributed by atoms with Crippen molar-refractivity contribution in [3.8, 4) is 0 Å². The smallest absolute Gasteiger partial charge is 0.391 e. The molecule has 0 aromatic rings. The monoisotopic (exact) mass is 212 g/mol. The van der Waals surface area contributed by atoms with Crippen LogP contribution in [0.1, 0.15) is 32.1 Å². The minimum Gasteiger partial charge on any atom is -0.393 e. The van der Waals surface area contributed by atoms with Crippen LogP contribution in [0.15, 0.2) is 0 Å². The van der Waals surface area contributed by atoms with Gasteiger partial charge < -0.3 is 9.84 Å². The van der Waals surface area contributed by atoms with Crippen LogP contribution in [-0.2, 0) is 4.74 Å². The predicted molar refractivity (Wildman–Crippen MR) is 44.9 cm³/mol. The summed E-state index contributed by atoms with van der Waals surface area (Å²) < 4.78 is 40.3. The van der Waals surface area contributed by atoms with Gasteiger partial charge in [-0.1, -0.05) is 0 Å². The topological polar surface area (TPSA) is 29.5 Å². The Morgan fingerprint density at radius 1 is 1.14 bits per heavy atom. The second kappa shape index (κ2) is 4.98. The molecule has 0 spiro atoms. The van der Waals surface area contributed by atoms with Crippen molar-refractivity contribution in [1.82, 2.24) is 0 Å². The highest BCUT2D eigenvalue weighted by atomic mass is 19.4. The van der Waals surface area contributed by atoms with Gasteiger partial charge in [0, 0.05) is 0 Å². The Morgan fingerprint density at radius 3 is 2.21 bits per heavy atom. The second-order valence-electron chi connectivity index (χ2n) is 3.67. The van der Waals surface area contributed by atoms with E-state index in [1.807, 2.05) is 0 Å². The molecule has 14 heavy (non-hydrogen) atoms. The zero-order chi connectivity index (χ0) is 10.6. The van der Waals surface area contributed by atoms with E-state index >= 15 is 0 Å². The third kappa shape index (κ3) is 4.81. The van der Waals surface area contributed by atoms with E-state index in [9.17, 15) is 13.2 Å². The summed E-state index contributed by atoms with van der Waals surface area (Å²) >= 11 is 0. The zero-order valence-electron chi connectivity index (χ0n) is 7.89. The van der Waals surface area contributed by atoms with Crippen molar-refractivity contribution in [2.24, 2.45) is 0 Å². The molecule has 1 N–H and O–H groups in total. The maximum Gasteiger partial charge on any atom is 0.391 e. The van der Waals surface area contributed by atoms with Crippen LogP contribution < -0.4 is 0 Å². The molecule has 0 aromatic carbocycles. The maximum atomic E-state index is 11.8. The third-order valence-corrected chi connectivity index (χ3v) is 2.38. The van der Waals surface area contributed by atoms with Crippen LogP contribution in [0.5, 0.6) is 0 Å². The Morgan fingerprint density at radius 2 is 1.71 bits per heavy atom. The maximum absolute atomic E-state index is 11.8. The highest BCUT2D eigenvalue weighted by molar-refractivity contribution is 4.71. The summed E-state index contributed by atoms with van der Waals surface area (Å²) in [5.74, 6) is 0. The van der Waals surface area contributed by atoms with Crippen molar-refractivity contribution < 1.29 is 23.0 Å². The van der Waals surface area contributed by atoms with E-state index in [4.69, 9.17) is 9.84 Å². The van der Waals surface area contributed by atoms with Gasteiger partial charge in [0.05, 0.1) is 25.2 Å². The lowest BCUT2D eigenvalue weighted by Crippen LogP contribution is -2.25. The SMILES string of the molecule is OC1CCC(OCCC(F)(F)F)CC1. The van der Waals surface area contributed by atoms with Crippen molar-refractivity contribution in [3.05, 3.63) is 0 Å². The molecule has 1 rings (SSSR count). The first kappa shape index (κ1) is 11.8. The zero-order valence-corrected chi connectivity index (χ0v) is 7.89. The number of alkyl halides is 3. The standard InChI is InChI=1S/C9H15F3O2/c10-9(11,12)5-6-14-8-3-1-7(13)2-4-8/h7-8,13H,1-6H2. The average molecular weight is 212 g/mol. The molecule has 2 nitrogen and oxygen atoms in total. The van der Waals surface area contributed by atoms with E-state index in [1.165, 1.54) is 0 Å². The summed E-state index contributed by atoms with van der Waals surface area (Å²) in [5.41, 5.74) is 0. The fourth-order valence-corrected chi connectivity index (χ4v) is 1.55. The average Bonchev–Trinajstić information content (AvgIpc) is 2.06. The van der Waals surface area contributed by atoms with E-state index in [0.717, 1.165) is 0 Å².